The molecule has 1 heterocycles. The molecule has 0 bridgehead atoms. The summed E-state index contributed by atoms with van der Waals surface area (Å²) < 4.78 is 5.61. The van der Waals surface area contributed by atoms with Gasteiger partial charge in [0.05, 0.1) is 6.54 Å². The molecule has 1 aromatic heterocycles. The van der Waals surface area contributed by atoms with E-state index in [2.05, 4.69) is 41.4 Å². The maximum absolute atomic E-state index is 9.29. The summed E-state index contributed by atoms with van der Waals surface area (Å²) in [5, 5.41) is 16.0. The number of aromatic nitrogens is 1. The molecule has 0 saturated carbocycles. The fraction of sp³-hybridized carbons (Fsp3) is 0.545. The van der Waals surface area contributed by atoms with Gasteiger partial charge in [0.1, 0.15) is 12.0 Å². The number of hydrogen-bond donors (Lipinski definition) is 3. The largest absolute Gasteiger partial charge is 0.444 e. The number of rotatable bonds is 10. The van der Waals surface area contributed by atoms with Crippen LogP contribution in [0.3, 0.4) is 0 Å². The van der Waals surface area contributed by atoms with Crippen LogP contribution in [0, 0.1) is 18.8 Å². The Morgan fingerprint density at radius 1 is 1.21 bits per heavy atom. The summed E-state index contributed by atoms with van der Waals surface area (Å²) in [5.74, 6) is 2.40. The van der Waals surface area contributed by atoms with Crippen LogP contribution in [0.25, 0.3) is 11.5 Å². The van der Waals surface area contributed by atoms with Crippen molar-refractivity contribution in [3.63, 3.8) is 0 Å². The molecule has 2 aromatic rings. The first kappa shape index (κ1) is 25.4. The van der Waals surface area contributed by atoms with Crippen molar-refractivity contribution in [1.29, 1.82) is 0 Å². The highest BCUT2D eigenvalue weighted by Gasteiger charge is 2.12. The van der Waals surface area contributed by atoms with Gasteiger partial charge in [0.2, 0.25) is 5.89 Å². The van der Waals surface area contributed by atoms with Gasteiger partial charge < -0.3 is 20.2 Å². The van der Waals surface area contributed by atoms with E-state index < -0.39 is 0 Å². The molecular formula is C22H35IN4O2. The Morgan fingerprint density at radius 2 is 1.93 bits per heavy atom. The third-order valence-electron chi connectivity index (χ3n) is 4.49. The number of guanidine groups is 1. The van der Waals surface area contributed by atoms with Crippen LogP contribution in [-0.2, 0) is 6.54 Å². The first-order valence-corrected chi connectivity index (χ1v) is 10.2. The molecular weight excluding hydrogens is 479 g/mol. The lowest BCUT2D eigenvalue weighted by atomic mass is 9.94. The van der Waals surface area contributed by atoms with E-state index in [9.17, 15) is 5.11 Å². The number of halogens is 1. The predicted molar refractivity (Wildman–Crippen MR) is 130 cm³/mol. The van der Waals surface area contributed by atoms with Gasteiger partial charge in [-0.1, -0.05) is 31.5 Å². The quantitative estimate of drug-likeness (QED) is 0.249. The summed E-state index contributed by atoms with van der Waals surface area (Å²) in [7, 11) is 0. The van der Waals surface area contributed by atoms with E-state index in [-0.39, 0.29) is 30.6 Å². The number of hydrogen-bond acceptors (Lipinski definition) is 4. The van der Waals surface area contributed by atoms with Gasteiger partial charge in [0.15, 0.2) is 5.96 Å². The van der Waals surface area contributed by atoms with Gasteiger partial charge in [-0.2, -0.15) is 0 Å². The lowest BCUT2D eigenvalue weighted by Crippen LogP contribution is -2.40. The summed E-state index contributed by atoms with van der Waals surface area (Å²) in [6, 6.07) is 8.11. The zero-order valence-electron chi connectivity index (χ0n) is 17.9. The fourth-order valence-corrected chi connectivity index (χ4v) is 3.10. The minimum absolute atomic E-state index is 0. The van der Waals surface area contributed by atoms with E-state index in [1.54, 1.807) is 6.26 Å². The van der Waals surface area contributed by atoms with Crippen molar-refractivity contribution in [3.8, 4) is 11.5 Å². The second-order valence-electron chi connectivity index (χ2n) is 7.59. The molecule has 3 N–H and O–H groups in total. The Labute approximate surface area is 191 Å². The normalized spacial score (nSPS) is 12.6. The van der Waals surface area contributed by atoms with Crippen molar-refractivity contribution in [3.05, 3.63) is 41.8 Å². The van der Waals surface area contributed by atoms with Gasteiger partial charge >= 0.3 is 0 Å². The van der Waals surface area contributed by atoms with E-state index in [4.69, 9.17) is 4.42 Å². The Morgan fingerprint density at radius 3 is 2.55 bits per heavy atom. The molecule has 2 rings (SSSR count). The van der Waals surface area contributed by atoms with Gasteiger partial charge in [-0.15, -0.1) is 24.0 Å². The van der Waals surface area contributed by atoms with Gasteiger partial charge in [-0.3, -0.25) is 0 Å². The van der Waals surface area contributed by atoms with Crippen LogP contribution < -0.4 is 10.6 Å². The molecule has 0 fully saturated rings. The molecule has 1 atom stereocenters. The van der Waals surface area contributed by atoms with Crippen molar-refractivity contribution in [1.82, 2.24) is 15.6 Å². The van der Waals surface area contributed by atoms with Crippen molar-refractivity contribution in [2.45, 2.75) is 47.1 Å². The molecule has 0 spiro atoms. The average molecular weight is 514 g/mol. The predicted octanol–water partition coefficient (Wildman–Crippen LogP) is 4.37. The van der Waals surface area contributed by atoms with Crippen LogP contribution in [-0.4, -0.2) is 35.7 Å². The number of aliphatic hydroxyl groups excluding tert-OH is 1. The highest BCUT2D eigenvalue weighted by Crippen LogP contribution is 2.19. The number of oxazole rings is 1. The Bertz CT molecular complexity index is 729. The zero-order valence-corrected chi connectivity index (χ0v) is 20.3. The smallest absolute Gasteiger partial charge is 0.226 e. The topological polar surface area (TPSA) is 82.7 Å². The van der Waals surface area contributed by atoms with E-state index in [1.807, 2.05) is 31.2 Å². The highest BCUT2D eigenvalue weighted by molar-refractivity contribution is 14.0. The molecule has 1 aromatic carbocycles. The molecule has 0 aliphatic heterocycles. The van der Waals surface area contributed by atoms with Crippen molar-refractivity contribution in [2.75, 3.05) is 19.7 Å². The summed E-state index contributed by atoms with van der Waals surface area (Å²) >= 11 is 0. The number of aryl methyl sites for hydroxylation is 1. The lowest BCUT2D eigenvalue weighted by molar-refractivity contribution is 0.243. The summed E-state index contributed by atoms with van der Waals surface area (Å²) in [4.78, 5) is 9.17. The van der Waals surface area contributed by atoms with Crippen LogP contribution in [0.1, 0.15) is 44.9 Å². The molecule has 0 amide bonds. The summed E-state index contributed by atoms with van der Waals surface area (Å²) in [6.45, 7) is 10.8. The molecule has 29 heavy (non-hydrogen) atoms. The maximum atomic E-state index is 9.29. The Kier molecular flexibility index (Phi) is 11.9. The molecule has 1 unspecified atom stereocenters. The van der Waals surface area contributed by atoms with Gasteiger partial charge in [-0.05, 0) is 50.7 Å². The molecule has 0 aliphatic rings. The molecule has 6 nitrogen and oxygen atoms in total. The average Bonchev–Trinajstić information content (AvgIpc) is 3.13. The van der Waals surface area contributed by atoms with E-state index >= 15 is 0 Å². The first-order chi connectivity index (χ1) is 13.5. The summed E-state index contributed by atoms with van der Waals surface area (Å²) in [5.41, 5.74) is 2.96. The van der Waals surface area contributed by atoms with E-state index in [1.165, 1.54) is 5.56 Å². The second kappa shape index (κ2) is 13.6. The number of aliphatic imine (C=N–C) groups is 1. The van der Waals surface area contributed by atoms with Gasteiger partial charge in [0.25, 0.3) is 0 Å². The number of nitrogens with one attached hydrogen (secondary N) is 2. The van der Waals surface area contributed by atoms with E-state index in [0.29, 0.717) is 24.3 Å². The molecule has 0 radical (unpaired) electrons. The number of nitrogens with zero attached hydrogens (tertiary/aromatic N) is 2. The molecule has 162 valence electrons. The standard InChI is InChI=1S/C22H34N4O2.HI/c1-5-23-22(24-13-18(10-11-27)12-16(2)3)25-14-20-15-28-21(26-20)19-8-6-17(4)7-9-19;/h6-9,15-16,18,27H,5,10-14H2,1-4H3,(H2,23,24,25);1H. The third kappa shape index (κ3) is 9.16. The van der Waals surface area contributed by atoms with Crippen LogP contribution in [0.15, 0.2) is 39.9 Å². The van der Waals surface area contributed by atoms with Crippen molar-refractivity contribution in [2.24, 2.45) is 16.8 Å². The lowest BCUT2D eigenvalue weighted by Gasteiger charge is -2.20. The van der Waals surface area contributed by atoms with Gasteiger partial charge in [0, 0.05) is 25.3 Å². The SMILES string of the molecule is CCNC(=NCc1coc(-c2ccc(C)cc2)n1)NCC(CCO)CC(C)C.I. The van der Waals surface area contributed by atoms with E-state index in [0.717, 1.165) is 43.1 Å². The first-order valence-electron chi connectivity index (χ1n) is 10.2. The van der Waals surface area contributed by atoms with Crippen LogP contribution in [0.4, 0.5) is 0 Å². The highest BCUT2D eigenvalue weighted by atomic mass is 127. The van der Waals surface area contributed by atoms with Gasteiger partial charge in [-0.25, -0.2) is 9.98 Å². The van der Waals surface area contributed by atoms with Crippen molar-refractivity contribution < 1.29 is 9.52 Å². The Balaban J connectivity index is 0.00000420. The third-order valence-corrected chi connectivity index (χ3v) is 4.49. The van der Waals surface area contributed by atoms with Crippen molar-refractivity contribution >= 4 is 29.9 Å². The van der Waals surface area contributed by atoms with Crippen LogP contribution >= 0.6 is 24.0 Å². The number of benzene rings is 1. The zero-order chi connectivity index (χ0) is 20.4. The fourth-order valence-electron chi connectivity index (χ4n) is 3.10. The molecule has 0 aliphatic carbocycles. The molecule has 0 saturated heterocycles. The minimum Gasteiger partial charge on any atom is -0.444 e. The number of aliphatic hydroxyl groups is 1. The minimum atomic E-state index is 0. The Hall–Kier alpha value is -1.61. The second-order valence-corrected chi connectivity index (χ2v) is 7.59. The maximum Gasteiger partial charge on any atom is 0.226 e. The van der Waals surface area contributed by atoms with Crippen LogP contribution in [0.5, 0.6) is 0 Å². The summed E-state index contributed by atoms with van der Waals surface area (Å²) in [6.07, 6.45) is 3.54. The van der Waals surface area contributed by atoms with Crippen LogP contribution in [0.2, 0.25) is 0 Å². The molecule has 7 heteroatoms. The monoisotopic (exact) mass is 514 g/mol.